The molecule has 0 atom stereocenters. The Labute approximate surface area is 113 Å². The van der Waals surface area contributed by atoms with Gasteiger partial charge in [-0.1, -0.05) is 6.92 Å². The molecule has 1 heterocycles. The minimum absolute atomic E-state index is 0.173. The summed E-state index contributed by atoms with van der Waals surface area (Å²) < 4.78 is 10.3. The standard InChI is InChI=1S/C13H21N3O3/c1-4-7-16(10-13(17)19-6-3)11-8-14-9-12(15-11)18-5-2/h8-9H,4-7,10H2,1-3H3. The SMILES string of the molecule is CCCN(CC(=O)OCC)c1cncc(OCC)n1. The smallest absolute Gasteiger partial charge is 0.325 e. The first kappa shape index (κ1) is 15.2. The summed E-state index contributed by atoms with van der Waals surface area (Å²) in [6, 6.07) is 0. The third kappa shape index (κ3) is 5.11. The van der Waals surface area contributed by atoms with Gasteiger partial charge >= 0.3 is 5.97 Å². The summed E-state index contributed by atoms with van der Waals surface area (Å²) in [4.78, 5) is 21.8. The van der Waals surface area contributed by atoms with Crippen LogP contribution in [-0.4, -0.2) is 42.2 Å². The highest BCUT2D eigenvalue weighted by Crippen LogP contribution is 2.14. The Kier molecular flexibility index (Phi) is 6.63. The van der Waals surface area contributed by atoms with E-state index < -0.39 is 0 Å². The molecule has 6 heteroatoms. The Hall–Kier alpha value is -1.85. The average Bonchev–Trinajstić information content (AvgIpc) is 2.39. The van der Waals surface area contributed by atoms with E-state index in [4.69, 9.17) is 9.47 Å². The van der Waals surface area contributed by atoms with Crippen LogP contribution >= 0.6 is 0 Å². The number of nitrogens with zero attached hydrogens (tertiary/aromatic N) is 3. The van der Waals surface area contributed by atoms with Crippen molar-refractivity contribution in [1.82, 2.24) is 9.97 Å². The number of hydrogen-bond acceptors (Lipinski definition) is 6. The number of rotatable bonds is 8. The normalized spacial score (nSPS) is 10.1. The zero-order valence-corrected chi connectivity index (χ0v) is 11.8. The number of ether oxygens (including phenoxy) is 2. The lowest BCUT2D eigenvalue weighted by atomic mass is 10.4. The number of esters is 1. The molecule has 0 aromatic carbocycles. The Balaban J connectivity index is 2.79. The van der Waals surface area contributed by atoms with E-state index >= 15 is 0 Å². The van der Waals surface area contributed by atoms with E-state index in [1.54, 1.807) is 19.3 Å². The molecule has 0 bridgehead atoms. The second-order valence-electron chi connectivity index (χ2n) is 3.88. The van der Waals surface area contributed by atoms with Crippen molar-refractivity contribution in [3.63, 3.8) is 0 Å². The fourth-order valence-corrected chi connectivity index (χ4v) is 1.62. The maximum Gasteiger partial charge on any atom is 0.325 e. The van der Waals surface area contributed by atoms with E-state index in [0.29, 0.717) is 31.5 Å². The van der Waals surface area contributed by atoms with Gasteiger partial charge in [-0.25, -0.2) is 0 Å². The summed E-state index contributed by atoms with van der Waals surface area (Å²) in [7, 11) is 0. The molecule has 0 aliphatic carbocycles. The van der Waals surface area contributed by atoms with Crippen molar-refractivity contribution in [2.24, 2.45) is 0 Å². The summed E-state index contributed by atoms with van der Waals surface area (Å²) in [5.41, 5.74) is 0. The van der Waals surface area contributed by atoms with Gasteiger partial charge in [0, 0.05) is 6.54 Å². The van der Waals surface area contributed by atoms with Gasteiger partial charge in [0.2, 0.25) is 5.88 Å². The molecule has 0 spiro atoms. The van der Waals surface area contributed by atoms with E-state index in [1.165, 1.54) is 0 Å². The van der Waals surface area contributed by atoms with Gasteiger partial charge in [-0.2, -0.15) is 4.98 Å². The van der Waals surface area contributed by atoms with Crippen molar-refractivity contribution in [2.45, 2.75) is 27.2 Å². The van der Waals surface area contributed by atoms with Gasteiger partial charge in [-0.15, -0.1) is 0 Å². The van der Waals surface area contributed by atoms with Crippen LogP contribution in [0.5, 0.6) is 5.88 Å². The molecule has 0 radical (unpaired) electrons. The van der Waals surface area contributed by atoms with Gasteiger partial charge in [-0.05, 0) is 20.3 Å². The number of hydrogen-bond donors (Lipinski definition) is 0. The fraction of sp³-hybridized carbons (Fsp3) is 0.615. The molecule has 6 nitrogen and oxygen atoms in total. The first-order valence-electron chi connectivity index (χ1n) is 6.56. The minimum atomic E-state index is -0.264. The highest BCUT2D eigenvalue weighted by molar-refractivity contribution is 5.75. The third-order valence-electron chi connectivity index (χ3n) is 2.33. The summed E-state index contributed by atoms with van der Waals surface area (Å²) in [6.45, 7) is 7.51. The Bertz CT molecular complexity index is 398. The molecule has 0 saturated heterocycles. The van der Waals surface area contributed by atoms with E-state index in [0.717, 1.165) is 6.42 Å². The van der Waals surface area contributed by atoms with Crippen LogP contribution in [0.3, 0.4) is 0 Å². The topological polar surface area (TPSA) is 64.6 Å². The average molecular weight is 267 g/mol. The van der Waals surface area contributed by atoms with Crippen molar-refractivity contribution in [2.75, 3.05) is 31.2 Å². The van der Waals surface area contributed by atoms with E-state index in [-0.39, 0.29) is 12.5 Å². The number of anilines is 1. The van der Waals surface area contributed by atoms with Crippen LogP contribution in [0.1, 0.15) is 27.2 Å². The maximum atomic E-state index is 11.6. The molecular weight excluding hydrogens is 246 g/mol. The lowest BCUT2D eigenvalue weighted by Gasteiger charge is -2.21. The first-order valence-corrected chi connectivity index (χ1v) is 6.56. The van der Waals surface area contributed by atoms with Crippen molar-refractivity contribution in [3.05, 3.63) is 12.4 Å². The molecule has 0 unspecified atom stereocenters. The van der Waals surface area contributed by atoms with Crippen LogP contribution in [-0.2, 0) is 9.53 Å². The van der Waals surface area contributed by atoms with Gasteiger partial charge in [0.05, 0.1) is 25.6 Å². The molecule has 0 saturated carbocycles. The predicted molar refractivity (Wildman–Crippen MR) is 72.3 cm³/mol. The van der Waals surface area contributed by atoms with Gasteiger partial charge < -0.3 is 14.4 Å². The second-order valence-corrected chi connectivity index (χ2v) is 3.88. The molecule has 1 rings (SSSR count). The van der Waals surface area contributed by atoms with E-state index in [1.807, 2.05) is 18.7 Å². The number of carbonyl (C=O) groups excluding carboxylic acids is 1. The molecule has 19 heavy (non-hydrogen) atoms. The molecule has 0 N–H and O–H groups in total. The van der Waals surface area contributed by atoms with Crippen LogP contribution in [0, 0.1) is 0 Å². The van der Waals surface area contributed by atoms with Crippen molar-refractivity contribution in [3.8, 4) is 5.88 Å². The Morgan fingerprint density at radius 1 is 1.26 bits per heavy atom. The van der Waals surface area contributed by atoms with Crippen molar-refractivity contribution in [1.29, 1.82) is 0 Å². The van der Waals surface area contributed by atoms with Gasteiger partial charge in [0.15, 0.2) is 5.82 Å². The molecule has 0 aliphatic heterocycles. The van der Waals surface area contributed by atoms with E-state index in [2.05, 4.69) is 9.97 Å². The molecule has 0 aliphatic rings. The highest BCUT2D eigenvalue weighted by atomic mass is 16.5. The molecule has 106 valence electrons. The zero-order chi connectivity index (χ0) is 14.1. The van der Waals surface area contributed by atoms with Crippen LogP contribution in [0.4, 0.5) is 5.82 Å². The van der Waals surface area contributed by atoms with Crippen LogP contribution in [0.25, 0.3) is 0 Å². The predicted octanol–water partition coefficient (Wildman–Crippen LogP) is 1.65. The van der Waals surface area contributed by atoms with Crippen molar-refractivity contribution >= 4 is 11.8 Å². The Morgan fingerprint density at radius 3 is 2.68 bits per heavy atom. The third-order valence-corrected chi connectivity index (χ3v) is 2.33. The van der Waals surface area contributed by atoms with Crippen LogP contribution in [0.2, 0.25) is 0 Å². The summed E-state index contributed by atoms with van der Waals surface area (Å²) in [6.07, 6.45) is 4.08. The quantitative estimate of drug-likeness (QED) is 0.667. The largest absolute Gasteiger partial charge is 0.477 e. The molecule has 1 aromatic heterocycles. The minimum Gasteiger partial charge on any atom is -0.477 e. The van der Waals surface area contributed by atoms with E-state index in [9.17, 15) is 4.79 Å². The van der Waals surface area contributed by atoms with Crippen LogP contribution < -0.4 is 9.64 Å². The second kappa shape index (κ2) is 8.29. The number of aromatic nitrogens is 2. The summed E-state index contributed by atoms with van der Waals surface area (Å²) in [5.74, 6) is 0.824. The monoisotopic (exact) mass is 267 g/mol. The lowest BCUT2D eigenvalue weighted by Crippen LogP contribution is -2.32. The molecule has 0 fully saturated rings. The maximum absolute atomic E-state index is 11.6. The summed E-state index contributed by atoms with van der Waals surface area (Å²) in [5, 5.41) is 0. The first-order chi connectivity index (χ1) is 9.21. The Morgan fingerprint density at radius 2 is 2.05 bits per heavy atom. The van der Waals surface area contributed by atoms with Crippen LogP contribution in [0.15, 0.2) is 12.4 Å². The molecule has 1 aromatic rings. The van der Waals surface area contributed by atoms with Crippen molar-refractivity contribution < 1.29 is 14.3 Å². The van der Waals surface area contributed by atoms with Gasteiger partial charge in [0.25, 0.3) is 0 Å². The summed E-state index contributed by atoms with van der Waals surface area (Å²) >= 11 is 0. The highest BCUT2D eigenvalue weighted by Gasteiger charge is 2.14. The number of carbonyl (C=O) groups is 1. The van der Waals surface area contributed by atoms with Gasteiger partial charge in [-0.3, -0.25) is 9.78 Å². The lowest BCUT2D eigenvalue weighted by molar-refractivity contribution is -0.141. The molecule has 0 amide bonds. The zero-order valence-electron chi connectivity index (χ0n) is 11.8. The fourth-order valence-electron chi connectivity index (χ4n) is 1.62. The molecular formula is C13H21N3O3. The van der Waals surface area contributed by atoms with Gasteiger partial charge in [0.1, 0.15) is 6.54 Å².